The van der Waals surface area contributed by atoms with E-state index in [0.717, 1.165) is 44.3 Å². The van der Waals surface area contributed by atoms with Gasteiger partial charge >= 0.3 is 0 Å². The highest BCUT2D eigenvalue weighted by molar-refractivity contribution is 6.30. The zero-order valence-corrected chi connectivity index (χ0v) is 14.7. The molecule has 2 fully saturated rings. The SMILES string of the molecule is O=C(Cc1cccc(Cl)c1)NC1CCN(C(=O)C2CCCC2)CC1. The second-order valence-electron chi connectivity index (χ2n) is 6.96. The monoisotopic (exact) mass is 348 g/mol. The molecule has 0 atom stereocenters. The second kappa shape index (κ2) is 8.02. The summed E-state index contributed by atoms with van der Waals surface area (Å²) in [4.78, 5) is 26.6. The number of piperidine rings is 1. The predicted molar refractivity (Wildman–Crippen MR) is 94.9 cm³/mol. The molecular formula is C19H25ClN2O2. The van der Waals surface area contributed by atoms with Crippen molar-refractivity contribution in [1.29, 1.82) is 0 Å². The van der Waals surface area contributed by atoms with Crippen molar-refractivity contribution in [1.82, 2.24) is 10.2 Å². The first-order valence-corrected chi connectivity index (χ1v) is 9.32. The van der Waals surface area contributed by atoms with Gasteiger partial charge in [-0.05, 0) is 43.4 Å². The molecule has 24 heavy (non-hydrogen) atoms. The fourth-order valence-electron chi connectivity index (χ4n) is 3.79. The van der Waals surface area contributed by atoms with Gasteiger partial charge < -0.3 is 10.2 Å². The number of amides is 2. The summed E-state index contributed by atoms with van der Waals surface area (Å²) in [6.45, 7) is 1.52. The molecule has 5 heteroatoms. The summed E-state index contributed by atoms with van der Waals surface area (Å²) in [7, 11) is 0. The van der Waals surface area contributed by atoms with Crippen LogP contribution in [0.4, 0.5) is 0 Å². The maximum absolute atomic E-state index is 12.4. The summed E-state index contributed by atoms with van der Waals surface area (Å²) >= 11 is 5.95. The van der Waals surface area contributed by atoms with E-state index in [2.05, 4.69) is 5.32 Å². The lowest BCUT2D eigenvalue weighted by molar-refractivity contribution is -0.136. The van der Waals surface area contributed by atoms with Crippen LogP contribution in [0, 0.1) is 5.92 Å². The minimum Gasteiger partial charge on any atom is -0.353 e. The van der Waals surface area contributed by atoms with Crippen LogP contribution in [0.2, 0.25) is 5.02 Å². The normalized spacial score (nSPS) is 19.5. The molecule has 1 aromatic carbocycles. The summed E-state index contributed by atoms with van der Waals surface area (Å²) in [6.07, 6.45) is 6.52. The van der Waals surface area contributed by atoms with E-state index >= 15 is 0 Å². The number of nitrogens with one attached hydrogen (secondary N) is 1. The largest absolute Gasteiger partial charge is 0.353 e. The predicted octanol–water partition coefficient (Wildman–Crippen LogP) is 3.18. The van der Waals surface area contributed by atoms with Crippen LogP contribution in [0.25, 0.3) is 0 Å². The summed E-state index contributed by atoms with van der Waals surface area (Å²) < 4.78 is 0. The first-order valence-electron chi connectivity index (χ1n) is 8.94. The molecule has 1 aromatic rings. The lowest BCUT2D eigenvalue weighted by Gasteiger charge is -2.34. The van der Waals surface area contributed by atoms with Gasteiger partial charge in [-0.1, -0.05) is 36.6 Å². The van der Waals surface area contributed by atoms with E-state index in [1.807, 2.05) is 23.1 Å². The van der Waals surface area contributed by atoms with E-state index in [0.29, 0.717) is 17.4 Å². The summed E-state index contributed by atoms with van der Waals surface area (Å²) in [5.41, 5.74) is 0.925. The fraction of sp³-hybridized carbons (Fsp3) is 0.579. The van der Waals surface area contributed by atoms with Gasteiger partial charge in [0.25, 0.3) is 0 Å². The Hall–Kier alpha value is -1.55. The molecular weight excluding hydrogens is 324 g/mol. The van der Waals surface area contributed by atoms with Crippen LogP contribution in [0.1, 0.15) is 44.1 Å². The Balaban J connectivity index is 1.43. The van der Waals surface area contributed by atoms with Crippen molar-refractivity contribution in [2.75, 3.05) is 13.1 Å². The zero-order chi connectivity index (χ0) is 16.9. The lowest BCUT2D eigenvalue weighted by atomic mass is 10.0. The molecule has 4 nitrogen and oxygen atoms in total. The second-order valence-corrected chi connectivity index (χ2v) is 7.39. The van der Waals surface area contributed by atoms with Crippen molar-refractivity contribution in [2.45, 2.75) is 51.0 Å². The van der Waals surface area contributed by atoms with Crippen LogP contribution >= 0.6 is 11.6 Å². The molecule has 1 aliphatic carbocycles. The molecule has 2 aliphatic rings. The highest BCUT2D eigenvalue weighted by Crippen LogP contribution is 2.27. The highest BCUT2D eigenvalue weighted by Gasteiger charge is 2.30. The Labute approximate surface area is 148 Å². The van der Waals surface area contributed by atoms with Crippen molar-refractivity contribution >= 4 is 23.4 Å². The quantitative estimate of drug-likeness (QED) is 0.908. The standard InChI is InChI=1S/C19H25ClN2O2/c20-16-7-3-4-14(12-16)13-18(23)21-17-8-10-22(11-9-17)19(24)15-5-1-2-6-15/h3-4,7,12,15,17H,1-2,5-6,8-11,13H2,(H,21,23). The van der Waals surface area contributed by atoms with Crippen molar-refractivity contribution < 1.29 is 9.59 Å². The molecule has 0 radical (unpaired) electrons. The van der Waals surface area contributed by atoms with Gasteiger partial charge in [0.1, 0.15) is 0 Å². The summed E-state index contributed by atoms with van der Waals surface area (Å²) in [5, 5.41) is 3.75. The summed E-state index contributed by atoms with van der Waals surface area (Å²) in [5.74, 6) is 0.605. The number of carbonyl (C=O) groups is 2. The Bertz CT molecular complexity index is 591. The highest BCUT2D eigenvalue weighted by atomic mass is 35.5. The number of rotatable bonds is 4. The van der Waals surface area contributed by atoms with E-state index in [9.17, 15) is 9.59 Å². The number of likely N-dealkylation sites (tertiary alicyclic amines) is 1. The van der Waals surface area contributed by atoms with E-state index in [-0.39, 0.29) is 17.9 Å². The van der Waals surface area contributed by atoms with Gasteiger partial charge in [-0.25, -0.2) is 0 Å². The smallest absolute Gasteiger partial charge is 0.225 e. The number of hydrogen-bond acceptors (Lipinski definition) is 2. The molecule has 0 bridgehead atoms. The molecule has 3 rings (SSSR count). The Morgan fingerprint density at radius 1 is 1.12 bits per heavy atom. The Morgan fingerprint density at radius 2 is 1.83 bits per heavy atom. The fourth-order valence-corrected chi connectivity index (χ4v) is 4.00. The van der Waals surface area contributed by atoms with Gasteiger partial charge in [-0.15, -0.1) is 0 Å². The van der Waals surface area contributed by atoms with Crippen LogP contribution < -0.4 is 5.32 Å². The Morgan fingerprint density at radius 3 is 2.50 bits per heavy atom. The molecule has 1 saturated heterocycles. The topological polar surface area (TPSA) is 49.4 Å². The van der Waals surface area contributed by atoms with Gasteiger partial charge in [0.05, 0.1) is 6.42 Å². The van der Waals surface area contributed by atoms with Gasteiger partial charge in [0.15, 0.2) is 0 Å². The van der Waals surface area contributed by atoms with E-state index in [1.54, 1.807) is 6.07 Å². The van der Waals surface area contributed by atoms with Crippen molar-refractivity contribution in [3.63, 3.8) is 0 Å². The maximum atomic E-state index is 12.4. The van der Waals surface area contributed by atoms with Crippen LogP contribution in [-0.2, 0) is 16.0 Å². The third-order valence-electron chi connectivity index (χ3n) is 5.13. The van der Waals surface area contributed by atoms with E-state index < -0.39 is 0 Å². The number of benzene rings is 1. The summed E-state index contributed by atoms with van der Waals surface area (Å²) in [6, 6.07) is 7.57. The average molecular weight is 349 g/mol. The van der Waals surface area contributed by atoms with Crippen LogP contribution in [0.15, 0.2) is 24.3 Å². The average Bonchev–Trinajstić information content (AvgIpc) is 3.09. The Kier molecular flexibility index (Phi) is 5.77. The van der Waals surface area contributed by atoms with Crippen molar-refractivity contribution in [3.05, 3.63) is 34.9 Å². The van der Waals surface area contributed by atoms with Crippen molar-refractivity contribution in [2.24, 2.45) is 5.92 Å². The molecule has 2 amide bonds. The first kappa shape index (κ1) is 17.3. The first-order chi connectivity index (χ1) is 11.6. The van der Waals surface area contributed by atoms with Gasteiger partial charge in [-0.2, -0.15) is 0 Å². The van der Waals surface area contributed by atoms with Crippen LogP contribution in [0.3, 0.4) is 0 Å². The molecule has 0 unspecified atom stereocenters. The lowest BCUT2D eigenvalue weighted by Crippen LogP contribution is -2.48. The maximum Gasteiger partial charge on any atom is 0.225 e. The van der Waals surface area contributed by atoms with Gasteiger partial charge in [0, 0.05) is 30.1 Å². The third kappa shape index (κ3) is 4.50. The molecule has 1 heterocycles. The number of nitrogens with zero attached hydrogens (tertiary/aromatic N) is 1. The number of carbonyl (C=O) groups excluding carboxylic acids is 2. The number of hydrogen-bond donors (Lipinski definition) is 1. The van der Waals surface area contributed by atoms with Crippen LogP contribution in [-0.4, -0.2) is 35.8 Å². The molecule has 0 aromatic heterocycles. The van der Waals surface area contributed by atoms with Gasteiger partial charge in [0.2, 0.25) is 11.8 Å². The molecule has 130 valence electrons. The van der Waals surface area contributed by atoms with Crippen LogP contribution in [0.5, 0.6) is 0 Å². The van der Waals surface area contributed by atoms with Gasteiger partial charge in [-0.3, -0.25) is 9.59 Å². The number of halogens is 1. The molecule has 1 aliphatic heterocycles. The van der Waals surface area contributed by atoms with E-state index in [4.69, 9.17) is 11.6 Å². The molecule has 1 N–H and O–H groups in total. The molecule has 0 spiro atoms. The van der Waals surface area contributed by atoms with E-state index in [1.165, 1.54) is 12.8 Å². The zero-order valence-electron chi connectivity index (χ0n) is 14.0. The minimum absolute atomic E-state index is 0.0258. The molecule has 1 saturated carbocycles. The third-order valence-corrected chi connectivity index (χ3v) is 5.36. The minimum atomic E-state index is 0.0258. The van der Waals surface area contributed by atoms with Crippen molar-refractivity contribution in [3.8, 4) is 0 Å².